The summed E-state index contributed by atoms with van der Waals surface area (Å²) in [6.45, 7) is 0.540. The van der Waals surface area contributed by atoms with Crippen molar-refractivity contribution in [1.29, 1.82) is 0 Å². The Bertz CT molecular complexity index is 1010. The number of sulfonamides is 1. The zero-order chi connectivity index (χ0) is 21.4. The van der Waals surface area contributed by atoms with Gasteiger partial charge in [0, 0.05) is 25.8 Å². The standard InChI is InChI=1S/C14H18BrFN8O4S/c1-17-14(24-29(2,26)27)19-6-5-18-12-11(22-28-23-12)13(21-25)20-8-3-4-10(16)9(15)7-8/h3-4,7,25H,5-6H2,1-2H3,(H,18,23)(H,20,21)(H2,17,19,24). The van der Waals surface area contributed by atoms with Gasteiger partial charge in [-0.3, -0.25) is 0 Å². The number of rotatable bonds is 7. The molecular formula is C14H18BrFN8O4S. The van der Waals surface area contributed by atoms with E-state index in [4.69, 9.17) is 0 Å². The molecule has 0 aliphatic heterocycles. The molecule has 2 rings (SSSR count). The van der Waals surface area contributed by atoms with Crippen molar-refractivity contribution < 1.29 is 22.6 Å². The van der Waals surface area contributed by atoms with Crippen LogP contribution >= 0.6 is 15.9 Å². The predicted octanol–water partition coefficient (Wildman–Crippen LogP) is 0.756. The zero-order valence-corrected chi connectivity index (χ0v) is 17.7. The number of hydrogen-bond acceptors (Lipinski definition) is 8. The van der Waals surface area contributed by atoms with Gasteiger partial charge in [-0.25, -0.2) is 17.4 Å². The Balaban J connectivity index is 2.00. The third-order valence-corrected chi connectivity index (χ3v) is 4.32. The largest absolute Gasteiger partial charge is 0.409 e. The summed E-state index contributed by atoms with van der Waals surface area (Å²) in [6.07, 6.45) is 0.972. The van der Waals surface area contributed by atoms with Crippen LogP contribution in [-0.2, 0) is 10.0 Å². The number of halogens is 2. The fourth-order valence-corrected chi connectivity index (χ4v) is 2.86. The van der Waals surface area contributed by atoms with Gasteiger partial charge >= 0.3 is 0 Å². The first kappa shape index (κ1) is 22.4. The smallest absolute Gasteiger partial charge is 0.253 e. The first-order valence-corrected chi connectivity index (χ1v) is 10.6. The second-order valence-corrected chi connectivity index (χ2v) is 7.94. The molecule has 0 aliphatic carbocycles. The van der Waals surface area contributed by atoms with E-state index >= 15 is 0 Å². The molecule has 0 radical (unpaired) electrons. The second kappa shape index (κ2) is 10.0. The van der Waals surface area contributed by atoms with E-state index in [1.54, 1.807) is 0 Å². The lowest BCUT2D eigenvalue weighted by atomic mass is 10.3. The topological polar surface area (TPSA) is 166 Å². The minimum absolute atomic E-state index is 0.0755. The molecule has 15 heteroatoms. The third kappa shape index (κ3) is 6.86. The van der Waals surface area contributed by atoms with Gasteiger partial charge in [0.1, 0.15) is 5.82 Å². The predicted molar refractivity (Wildman–Crippen MR) is 108 cm³/mol. The lowest BCUT2D eigenvalue weighted by Crippen LogP contribution is -2.38. The number of guanidine groups is 1. The molecule has 0 aliphatic rings. The van der Waals surface area contributed by atoms with Crippen molar-refractivity contribution >= 4 is 49.3 Å². The van der Waals surface area contributed by atoms with Crippen molar-refractivity contribution in [1.82, 2.24) is 20.9 Å². The first-order valence-electron chi connectivity index (χ1n) is 7.96. The number of amidine groups is 1. The lowest BCUT2D eigenvalue weighted by molar-refractivity contribution is 0.305. The maximum atomic E-state index is 13.3. The van der Waals surface area contributed by atoms with Gasteiger partial charge in [-0.1, -0.05) is 5.16 Å². The normalized spacial score (nSPS) is 12.6. The minimum Gasteiger partial charge on any atom is -0.409 e. The van der Waals surface area contributed by atoms with Crippen LogP contribution in [0.2, 0.25) is 0 Å². The van der Waals surface area contributed by atoms with Crippen LogP contribution in [0.5, 0.6) is 0 Å². The highest BCUT2D eigenvalue weighted by Crippen LogP contribution is 2.21. The molecule has 1 aromatic carbocycles. The van der Waals surface area contributed by atoms with Crippen molar-refractivity contribution in [3.8, 4) is 0 Å². The number of hydrogen-bond donors (Lipinski definition) is 5. The van der Waals surface area contributed by atoms with E-state index in [-0.39, 0.29) is 40.9 Å². The van der Waals surface area contributed by atoms with Crippen LogP contribution in [-0.4, -0.2) is 62.1 Å². The molecule has 0 saturated heterocycles. The molecule has 0 fully saturated rings. The van der Waals surface area contributed by atoms with Crippen molar-refractivity contribution in [2.75, 3.05) is 37.0 Å². The van der Waals surface area contributed by atoms with Crippen LogP contribution in [0.25, 0.3) is 0 Å². The lowest BCUT2D eigenvalue weighted by Gasteiger charge is -2.10. The molecule has 0 unspecified atom stereocenters. The van der Waals surface area contributed by atoms with E-state index in [2.05, 4.69) is 61.7 Å². The van der Waals surface area contributed by atoms with Gasteiger partial charge in [-0.15, -0.1) is 4.40 Å². The van der Waals surface area contributed by atoms with Gasteiger partial charge in [-0.05, 0) is 44.4 Å². The van der Waals surface area contributed by atoms with E-state index < -0.39 is 15.8 Å². The fourth-order valence-electron chi connectivity index (χ4n) is 2.00. The van der Waals surface area contributed by atoms with Crippen LogP contribution in [0, 0.1) is 5.82 Å². The Hall–Kier alpha value is -2.94. The average Bonchev–Trinajstić information content (AvgIpc) is 3.12. The van der Waals surface area contributed by atoms with Crippen molar-refractivity contribution in [2.24, 2.45) is 9.55 Å². The Morgan fingerprint density at radius 2 is 2.10 bits per heavy atom. The fraction of sp³-hybridized carbons (Fsp3) is 0.286. The number of benzene rings is 1. The molecule has 2 aromatic rings. The molecule has 12 nitrogen and oxygen atoms in total. The summed E-state index contributed by atoms with van der Waals surface area (Å²) in [5.41, 5.74) is 0.504. The van der Waals surface area contributed by atoms with E-state index in [0.29, 0.717) is 5.69 Å². The Kier molecular flexibility index (Phi) is 7.72. The molecule has 5 N–H and O–H groups in total. The quantitative estimate of drug-likeness (QED) is 0.122. The maximum Gasteiger partial charge on any atom is 0.253 e. The SMILES string of the molecule is CN/C(=N\S(C)(=O)=O)NCCNc1nonc1/C(=N/O)Nc1ccc(F)c(Br)c1. The molecule has 0 saturated carbocycles. The number of oxime groups is 1. The second-order valence-electron chi connectivity index (χ2n) is 5.44. The molecule has 158 valence electrons. The van der Waals surface area contributed by atoms with E-state index in [1.807, 2.05) is 0 Å². The molecule has 0 spiro atoms. The highest BCUT2D eigenvalue weighted by atomic mass is 79.9. The van der Waals surface area contributed by atoms with Gasteiger partial charge in [0.15, 0.2) is 5.69 Å². The number of nitrogens with zero attached hydrogens (tertiary/aromatic N) is 4. The molecule has 1 aromatic heterocycles. The highest BCUT2D eigenvalue weighted by Gasteiger charge is 2.18. The number of anilines is 2. The monoisotopic (exact) mass is 492 g/mol. The summed E-state index contributed by atoms with van der Waals surface area (Å²) >= 11 is 3.06. The highest BCUT2D eigenvalue weighted by molar-refractivity contribution is 9.10. The van der Waals surface area contributed by atoms with Crippen LogP contribution in [0.15, 0.2) is 36.9 Å². The Morgan fingerprint density at radius 3 is 2.72 bits per heavy atom. The molecule has 1 heterocycles. The van der Waals surface area contributed by atoms with E-state index in [0.717, 1.165) is 6.26 Å². The van der Waals surface area contributed by atoms with E-state index in [9.17, 15) is 18.0 Å². The number of aromatic nitrogens is 2. The van der Waals surface area contributed by atoms with Crippen LogP contribution in [0.1, 0.15) is 5.69 Å². The average molecular weight is 493 g/mol. The minimum atomic E-state index is -3.55. The van der Waals surface area contributed by atoms with Gasteiger partial charge in [-0.2, -0.15) is 0 Å². The summed E-state index contributed by atoms with van der Waals surface area (Å²) in [6, 6.07) is 4.12. The van der Waals surface area contributed by atoms with Crippen molar-refractivity contribution in [3.05, 3.63) is 34.2 Å². The molecule has 0 bridgehead atoms. The van der Waals surface area contributed by atoms with Crippen LogP contribution in [0.4, 0.5) is 15.9 Å². The van der Waals surface area contributed by atoms with Crippen LogP contribution < -0.4 is 21.3 Å². The van der Waals surface area contributed by atoms with Crippen molar-refractivity contribution in [2.45, 2.75) is 0 Å². The summed E-state index contributed by atoms with van der Waals surface area (Å²) in [5, 5.41) is 30.9. The Morgan fingerprint density at radius 1 is 1.34 bits per heavy atom. The third-order valence-electron chi connectivity index (χ3n) is 3.20. The summed E-state index contributed by atoms with van der Waals surface area (Å²) in [4.78, 5) is 0. The van der Waals surface area contributed by atoms with Gasteiger partial charge in [0.2, 0.25) is 17.6 Å². The van der Waals surface area contributed by atoms with Crippen LogP contribution in [0.3, 0.4) is 0 Å². The summed E-state index contributed by atoms with van der Waals surface area (Å²) in [5.74, 6) is -0.292. The van der Waals surface area contributed by atoms with Gasteiger partial charge < -0.3 is 26.5 Å². The molecular weight excluding hydrogens is 475 g/mol. The number of nitrogens with one attached hydrogen (secondary N) is 4. The summed E-state index contributed by atoms with van der Waals surface area (Å²) < 4.78 is 44.1. The zero-order valence-electron chi connectivity index (χ0n) is 15.3. The molecule has 0 amide bonds. The van der Waals surface area contributed by atoms with Crippen molar-refractivity contribution in [3.63, 3.8) is 0 Å². The first-order chi connectivity index (χ1) is 13.7. The van der Waals surface area contributed by atoms with Gasteiger partial charge in [0.25, 0.3) is 10.0 Å². The van der Waals surface area contributed by atoms with E-state index in [1.165, 1.54) is 25.2 Å². The molecule has 29 heavy (non-hydrogen) atoms. The van der Waals surface area contributed by atoms with Gasteiger partial charge in [0.05, 0.1) is 10.7 Å². The maximum absolute atomic E-state index is 13.3. The molecule has 0 atom stereocenters. The Labute approximate surface area is 173 Å². The summed E-state index contributed by atoms with van der Waals surface area (Å²) in [7, 11) is -2.02.